The summed E-state index contributed by atoms with van der Waals surface area (Å²) >= 11 is 0. The number of terminal acetylenes is 1. The van der Waals surface area contributed by atoms with Crippen LogP contribution >= 0.6 is 24.0 Å². The van der Waals surface area contributed by atoms with Crippen LogP contribution in [0.15, 0.2) is 4.99 Å². The van der Waals surface area contributed by atoms with Gasteiger partial charge in [0.25, 0.3) is 0 Å². The van der Waals surface area contributed by atoms with Crippen LogP contribution in [-0.2, 0) is 4.74 Å². The molecular weight excluding hydrogens is 317 g/mol. The lowest BCUT2D eigenvalue weighted by Crippen LogP contribution is -2.37. The minimum atomic E-state index is 0. The highest BCUT2D eigenvalue weighted by Crippen LogP contribution is 2.11. The number of ether oxygens (including phenoxy) is 1. The highest BCUT2D eigenvalue weighted by atomic mass is 127. The van der Waals surface area contributed by atoms with Crippen molar-refractivity contribution >= 4 is 29.9 Å². The van der Waals surface area contributed by atoms with Crippen molar-refractivity contribution in [2.75, 3.05) is 32.8 Å². The molecule has 1 rings (SSSR count). The molecule has 2 N–H and O–H groups in total. The average molecular weight is 337 g/mol. The minimum Gasteiger partial charge on any atom is -0.381 e. The zero-order valence-corrected chi connectivity index (χ0v) is 12.0. The minimum absolute atomic E-state index is 0. The highest BCUT2D eigenvalue weighted by molar-refractivity contribution is 14.0. The van der Waals surface area contributed by atoms with Gasteiger partial charge < -0.3 is 15.4 Å². The predicted octanol–water partition coefficient (Wildman–Crippen LogP) is 0.829. The van der Waals surface area contributed by atoms with Crippen molar-refractivity contribution in [1.29, 1.82) is 0 Å². The summed E-state index contributed by atoms with van der Waals surface area (Å²) in [6.07, 6.45) is 6.29. The maximum Gasteiger partial charge on any atom is 0.192 e. The summed E-state index contributed by atoms with van der Waals surface area (Å²) in [5.74, 6) is 3.88. The van der Waals surface area contributed by atoms with Gasteiger partial charge in [-0.05, 0) is 13.3 Å². The Bertz CT molecular complexity index is 244. The van der Waals surface area contributed by atoms with Gasteiger partial charge in [0.15, 0.2) is 5.96 Å². The predicted molar refractivity (Wildman–Crippen MR) is 77.2 cm³/mol. The molecule has 0 spiro atoms. The summed E-state index contributed by atoms with van der Waals surface area (Å²) in [6.45, 7) is 5.89. The maximum atomic E-state index is 5.29. The van der Waals surface area contributed by atoms with E-state index >= 15 is 0 Å². The van der Waals surface area contributed by atoms with Gasteiger partial charge >= 0.3 is 0 Å². The van der Waals surface area contributed by atoms with E-state index in [9.17, 15) is 0 Å². The third-order valence-electron chi connectivity index (χ3n) is 2.23. The maximum absolute atomic E-state index is 5.29. The molecule has 0 aromatic carbocycles. The van der Waals surface area contributed by atoms with Crippen LogP contribution in [0, 0.1) is 18.3 Å². The van der Waals surface area contributed by atoms with Crippen molar-refractivity contribution in [3.63, 3.8) is 0 Å². The summed E-state index contributed by atoms with van der Waals surface area (Å²) in [4.78, 5) is 4.45. The van der Waals surface area contributed by atoms with Gasteiger partial charge in [-0.2, -0.15) is 0 Å². The Balaban J connectivity index is 0.00000225. The fourth-order valence-corrected chi connectivity index (χ4v) is 1.42. The second-order valence-electron chi connectivity index (χ2n) is 3.51. The number of halogens is 1. The molecule has 4 nitrogen and oxygen atoms in total. The molecule has 0 bridgehead atoms. The Morgan fingerprint density at radius 1 is 1.56 bits per heavy atom. The molecule has 16 heavy (non-hydrogen) atoms. The lowest BCUT2D eigenvalue weighted by atomic mass is 10.1. The molecule has 1 unspecified atom stereocenters. The molecule has 0 aliphatic carbocycles. The van der Waals surface area contributed by atoms with E-state index in [0.29, 0.717) is 12.5 Å². The number of hydrogen-bond acceptors (Lipinski definition) is 2. The largest absolute Gasteiger partial charge is 0.381 e. The van der Waals surface area contributed by atoms with Gasteiger partial charge in [-0.25, -0.2) is 0 Å². The SMILES string of the molecule is C#CCNC(=NCC1CCOC1)NCC.I. The number of nitrogens with zero attached hydrogens (tertiary/aromatic N) is 1. The van der Waals surface area contributed by atoms with Gasteiger partial charge in [-0.3, -0.25) is 4.99 Å². The van der Waals surface area contributed by atoms with E-state index in [4.69, 9.17) is 11.2 Å². The molecule has 0 radical (unpaired) electrons. The van der Waals surface area contributed by atoms with E-state index in [1.54, 1.807) is 0 Å². The van der Waals surface area contributed by atoms with E-state index < -0.39 is 0 Å². The van der Waals surface area contributed by atoms with E-state index in [1.807, 2.05) is 6.92 Å². The lowest BCUT2D eigenvalue weighted by molar-refractivity contribution is 0.187. The molecule has 1 aliphatic heterocycles. The van der Waals surface area contributed by atoms with Crippen LogP contribution < -0.4 is 10.6 Å². The second kappa shape index (κ2) is 9.73. The second-order valence-corrected chi connectivity index (χ2v) is 3.51. The van der Waals surface area contributed by atoms with Gasteiger partial charge in [-0.1, -0.05) is 5.92 Å². The van der Waals surface area contributed by atoms with Crippen molar-refractivity contribution in [3.8, 4) is 12.3 Å². The van der Waals surface area contributed by atoms with Crippen LogP contribution in [0.3, 0.4) is 0 Å². The van der Waals surface area contributed by atoms with Gasteiger partial charge in [0.05, 0.1) is 13.2 Å². The molecule has 0 aromatic heterocycles. The van der Waals surface area contributed by atoms with Crippen LogP contribution in [-0.4, -0.2) is 38.8 Å². The number of hydrogen-bond donors (Lipinski definition) is 2. The van der Waals surface area contributed by atoms with E-state index in [-0.39, 0.29) is 24.0 Å². The van der Waals surface area contributed by atoms with Gasteiger partial charge in [0, 0.05) is 25.6 Å². The average Bonchev–Trinajstić information content (AvgIpc) is 2.75. The Morgan fingerprint density at radius 3 is 2.94 bits per heavy atom. The first-order valence-electron chi connectivity index (χ1n) is 5.40. The van der Waals surface area contributed by atoms with Crippen LogP contribution in [0.5, 0.6) is 0 Å². The monoisotopic (exact) mass is 337 g/mol. The Morgan fingerprint density at radius 2 is 2.38 bits per heavy atom. The standard InChI is InChI=1S/C11H19N3O.HI/c1-3-6-13-11(12-4-2)14-8-10-5-7-15-9-10;/h1,10H,4-9H2,2H3,(H2,12,13,14);1H. The first-order chi connectivity index (χ1) is 7.36. The molecule has 5 heteroatoms. The molecule has 1 fully saturated rings. The van der Waals surface area contributed by atoms with Crippen molar-refractivity contribution in [2.24, 2.45) is 10.9 Å². The zero-order valence-electron chi connectivity index (χ0n) is 9.66. The Kier molecular flexibility index (Phi) is 9.43. The van der Waals surface area contributed by atoms with Crippen molar-refractivity contribution < 1.29 is 4.74 Å². The van der Waals surface area contributed by atoms with Crippen LogP contribution in [0.1, 0.15) is 13.3 Å². The number of nitrogens with one attached hydrogen (secondary N) is 2. The molecule has 0 aromatic rings. The molecule has 1 atom stereocenters. The third-order valence-corrected chi connectivity index (χ3v) is 2.23. The summed E-state index contributed by atoms with van der Waals surface area (Å²) in [5.41, 5.74) is 0. The van der Waals surface area contributed by atoms with Gasteiger partial charge in [0.2, 0.25) is 0 Å². The summed E-state index contributed by atoms with van der Waals surface area (Å²) in [5, 5.41) is 6.20. The molecule has 1 aliphatic rings. The fourth-order valence-electron chi connectivity index (χ4n) is 1.42. The number of guanidine groups is 1. The summed E-state index contributed by atoms with van der Waals surface area (Å²) < 4.78 is 5.29. The molecule has 1 saturated heterocycles. The molecule has 0 saturated carbocycles. The van der Waals surface area contributed by atoms with Crippen molar-refractivity contribution in [2.45, 2.75) is 13.3 Å². The van der Waals surface area contributed by atoms with Crippen molar-refractivity contribution in [1.82, 2.24) is 10.6 Å². The first-order valence-corrected chi connectivity index (χ1v) is 5.40. The zero-order chi connectivity index (χ0) is 10.9. The Labute approximate surface area is 115 Å². The van der Waals surface area contributed by atoms with Gasteiger partial charge in [-0.15, -0.1) is 30.4 Å². The smallest absolute Gasteiger partial charge is 0.192 e. The molecule has 1 heterocycles. The van der Waals surface area contributed by atoms with Gasteiger partial charge in [0.1, 0.15) is 0 Å². The first kappa shape index (κ1) is 15.5. The fraction of sp³-hybridized carbons (Fsp3) is 0.727. The van der Waals surface area contributed by atoms with Crippen LogP contribution in [0.4, 0.5) is 0 Å². The highest BCUT2D eigenvalue weighted by Gasteiger charge is 2.14. The number of aliphatic imine (C=N–C) groups is 1. The number of rotatable bonds is 4. The Hall–Kier alpha value is -0.480. The summed E-state index contributed by atoms with van der Waals surface area (Å²) in [6, 6.07) is 0. The molecular formula is C11H20IN3O. The summed E-state index contributed by atoms with van der Waals surface area (Å²) in [7, 11) is 0. The normalized spacial score (nSPS) is 19.8. The quantitative estimate of drug-likeness (QED) is 0.346. The third kappa shape index (κ3) is 6.18. The van der Waals surface area contributed by atoms with E-state index in [0.717, 1.165) is 38.7 Å². The topological polar surface area (TPSA) is 45.7 Å². The van der Waals surface area contributed by atoms with E-state index in [2.05, 4.69) is 21.5 Å². The lowest BCUT2D eigenvalue weighted by Gasteiger charge is -2.10. The molecule has 92 valence electrons. The van der Waals surface area contributed by atoms with Crippen LogP contribution in [0.2, 0.25) is 0 Å². The van der Waals surface area contributed by atoms with E-state index in [1.165, 1.54) is 0 Å². The van der Waals surface area contributed by atoms with Crippen LogP contribution in [0.25, 0.3) is 0 Å². The van der Waals surface area contributed by atoms with Crippen molar-refractivity contribution in [3.05, 3.63) is 0 Å². The molecule has 0 amide bonds.